The van der Waals surface area contributed by atoms with Crippen LogP contribution < -0.4 is 0 Å². The molecule has 398 valence electrons. The van der Waals surface area contributed by atoms with Crippen molar-refractivity contribution < 1.29 is 154 Å². The lowest BCUT2D eigenvalue weighted by Crippen LogP contribution is -2.68. The number of aliphatic hydroxyl groups is 19. The number of hydrogen-bond donors (Lipinski definition) is 19. The summed E-state index contributed by atoms with van der Waals surface area (Å²) in [5, 5.41) is 200. The predicted molar refractivity (Wildman–Crippen MR) is 204 cm³/mol. The maximum Gasteiger partial charge on any atom is 0.187 e. The summed E-state index contributed by atoms with van der Waals surface area (Å²) in [5.41, 5.74) is 0. The molecule has 0 saturated carbocycles. The fourth-order valence-electron chi connectivity index (χ4n) is 8.69. The Bertz CT molecular complexity index is 1520. The van der Waals surface area contributed by atoms with E-state index in [9.17, 15) is 97.0 Å². The summed E-state index contributed by atoms with van der Waals surface area (Å²) in [6, 6.07) is 0. The van der Waals surface area contributed by atoms with E-state index in [1.54, 1.807) is 0 Å². The zero-order valence-electron chi connectivity index (χ0n) is 36.0. The van der Waals surface area contributed by atoms with Gasteiger partial charge in [-0.25, -0.2) is 0 Å². The van der Waals surface area contributed by atoms with E-state index in [0.717, 1.165) is 0 Å². The molecule has 0 radical (unpaired) electrons. The fourth-order valence-corrected chi connectivity index (χ4v) is 8.69. The number of rotatable bonds is 17. The van der Waals surface area contributed by atoms with Gasteiger partial charge < -0.3 is 154 Å². The van der Waals surface area contributed by atoms with Gasteiger partial charge in [0.25, 0.3) is 0 Å². The van der Waals surface area contributed by atoms with Crippen LogP contribution in [0.2, 0.25) is 0 Å². The van der Waals surface area contributed by atoms with Crippen LogP contribution >= 0.6 is 0 Å². The van der Waals surface area contributed by atoms with Crippen LogP contribution in [0.15, 0.2) is 0 Å². The van der Waals surface area contributed by atoms with Gasteiger partial charge in [-0.3, -0.25) is 0 Å². The Kier molecular flexibility index (Phi) is 19.9. The van der Waals surface area contributed by atoms with Crippen LogP contribution in [0.1, 0.15) is 0 Å². The largest absolute Gasteiger partial charge is 0.394 e. The third-order valence-electron chi connectivity index (χ3n) is 12.7. The molecule has 12 unspecified atom stereocenters. The maximum absolute atomic E-state index is 11.5. The van der Waals surface area contributed by atoms with Gasteiger partial charge in [0.05, 0.1) is 39.6 Å². The van der Waals surface area contributed by atoms with E-state index >= 15 is 0 Å². The molecule has 0 aliphatic carbocycles. The molecule has 0 aromatic carbocycles. The Morgan fingerprint density at radius 2 is 0.588 bits per heavy atom. The van der Waals surface area contributed by atoms with Crippen LogP contribution in [-0.4, -0.2) is 328 Å². The van der Waals surface area contributed by atoms with Gasteiger partial charge in [0.1, 0.15) is 146 Å². The minimum absolute atomic E-state index is 0.704. The first-order chi connectivity index (χ1) is 32.3. The molecule has 31 heteroatoms. The fraction of sp³-hybridized carbons (Fsp3) is 1.00. The van der Waals surface area contributed by atoms with Crippen LogP contribution in [0.4, 0.5) is 0 Å². The van der Waals surface area contributed by atoms with E-state index in [0.29, 0.717) is 0 Å². The van der Waals surface area contributed by atoms with Crippen molar-refractivity contribution >= 4 is 0 Å². The smallest absolute Gasteiger partial charge is 0.187 e. The molecule has 6 heterocycles. The SMILES string of the molecule is CO[C@@H]1C(CO)O[C@@H](O[C@H]2C(O)C(O)[C@@H](O[C@@H]3C(CO)O[C@@H](O[C@H]4C(O)C(O)[C@@H](O[C@@H]5C(CO)O[C@@H](O)C(O)[C@@H]5O)O[C@H]4CO[C@H]4O[C@@H](CO)[C@H](O)C(O)C4O)C(O)[C@@H]3O)O[C@H]2CO)C(O)[C@@H]1O. The van der Waals surface area contributed by atoms with Gasteiger partial charge in [0.15, 0.2) is 37.7 Å². The minimum atomic E-state index is -2.23. The monoisotopic (exact) mass is 1000 g/mol. The molecule has 6 aliphatic rings. The second kappa shape index (κ2) is 24.2. The molecule has 0 aromatic heterocycles. The lowest BCUT2D eigenvalue weighted by atomic mass is 9.95. The third-order valence-corrected chi connectivity index (χ3v) is 12.7. The highest BCUT2D eigenvalue weighted by Gasteiger charge is 2.57. The van der Waals surface area contributed by atoms with Gasteiger partial charge in [0, 0.05) is 7.11 Å². The summed E-state index contributed by atoms with van der Waals surface area (Å²) in [6.07, 6.45) is -55.7. The van der Waals surface area contributed by atoms with E-state index in [2.05, 4.69) is 0 Å². The topological polar surface area (TPSA) is 495 Å². The minimum Gasteiger partial charge on any atom is -0.394 e. The van der Waals surface area contributed by atoms with Crippen molar-refractivity contribution in [2.45, 2.75) is 184 Å². The molecule has 6 saturated heterocycles. The van der Waals surface area contributed by atoms with Crippen molar-refractivity contribution in [3.8, 4) is 0 Å². The summed E-state index contributed by atoms with van der Waals surface area (Å²) in [4.78, 5) is 0. The lowest BCUT2D eigenvalue weighted by molar-refractivity contribution is -0.395. The Morgan fingerprint density at radius 3 is 0.971 bits per heavy atom. The number of hydrogen-bond acceptors (Lipinski definition) is 31. The average Bonchev–Trinajstić information content (AvgIpc) is 3.33. The molecule has 0 spiro atoms. The zero-order valence-corrected chi connectivity index (χ0v) is 36.0. The number of ether oxygens (including phenoxy) is 12. The molecule has 0 bridgehead atoms. The molecule has 6 aliphatic heterocycles. The molecule has 19 N–H and O–H groups in total. The van der Waals surface area contributed by atoms with Crippen LogP contribution in [0.25, 0.3) is 0 Å². The molecule has 30 atom stereocenters. The third kappa shape index (κ3) is 11.4. The van der Waals surface area contributed by atoms with Gasteiger partial charge in [-0.15, -0.1) is 0 Å². The molecule has 6 fully saturated rings. The summed E-state index contributed by atoms with van der Waals surface area (Å²) >= 11 is 0. The first-order valence-electron chi connectivity index (χ1n) is 21.5. The Labute approximate surface area is 384 Å². The van der Waals surface area contributed by atoms with Gasteiger partial charge in [-0.1, -0.05) is 0 Å². The van der Waals surface area contributed by atoms with E-state index < -0.39 is 224 Å². The zero-order chi connectivity index (χ0) is 50.0. The second-order valence-corrected chi connectivity index (χ2v) is 17.0. The van der Waals surface area contributed by atoms with E-state index in [4.69, 9.17) is 56.8 Å². The highest BCUT2D eigenvalue weighted by molar-refractivity contribution is 4.99. The molecular formula is C37H64O31. The highest BCUT2D eigenvalue weighted by Crippen LogP contribution is 2.36. The summed E-state index contributed by atoms with van der Waals surface area (Å²) < 4.78 is 66.5. The van der Waals surface area contributed by atoms with E-state index in [1.807, 2.05) is 0 Å². The average molecular weight is 1000 g/mol. The van der Waals surface area contributed by atoms with Crippen molar-refractivity contribution in [3.63, 3.8) is 0 Å². The van der Waals surface area contributed by atoms with Crippen molar-refractivity contribution in [1.29, 1.82) is 0 Å². The quantitative estimate of drug-likeness (QED) is 0.0643. The molecule has 68 heavy (non-hydrogen) atoms. The first-order valence-corrected chi connectivity index (χ1v) is 21.5. The summed E-state index contributed by atoms with van der Waals surface area (Å²) in [5.74, 6) is 0. The molecule has 0 amide bonds. The Morgan fingerprint density at radius 1 is 0.294 bits per heavy atom. The van der Waals surface area contributed by atoms with Crippen molar-refractivity contribution in [2.24, 2.45) is 0 Å². The van der Waals surface area contributed by atoms with Crippen molar-refractivity contribution in [3.05, 3.63) is 0 Å². The normalized spacial score (nSPS) is 52.8. The van der Waals surface area contributed by atoms with E-state index in [1.165, 1.54) is 7.11 Å². The standard InChI is InChI=1S/C37H64O31/c1-57-27-9(3-39)61-34(23(52)17(27)46)66-29-11(5-41)62-35(24(53)18(29)47)67-30-12(6-42)63-36(25(54)19(30)48)68-31-13(7-58-33-22(51)15(44)14(43)8(2-38)60-33)64-37(26(55)20(31)49)65-28-10(4-40)59-32(56)21(50)16(28)45/h8-56H,2-7H2,1H3/t8-,9?,10?,11-,12?,13-,14-,15?,16-,17-,18?,19-,20?,21?,22?,23?,24?,25?,26?,27+,28+,29+,30+,31+,32+,33-,34-,35+,36-,37+/m0/s1. The van der Waals surface area contributed by atoms with Gasteiger partial charge in [-0.2, -0.15) is 0 Å². The van der Waals surface area contributed by atoms with E-state index in [-0.39, 0.29) is 0 Å². The van der Waals surface area contributed by atoms with Crippen LogP contribution in [0.3, 0.4) is 0 Å². The second-order valence-electron chi connectivity index (χ2n) is 17.0. The lowest BCUT2D eigenvalue weighted by Gasteiger charge is -2.49. The number of methoxy groups -OCH3 is 1. The van der Waals surface area contributed by atoms with Crippen molar-refractivity contribution in [2.75, 3.05) is 46.8 Å². The Balaban J connectivity index is 1.17. The van der Waals surface area contributed by atoms with Crippen LogP contribution in [0, 0.1) is 0 Å². The molecule has 6 rings (SSSR count). The van der Waals surface area contributed by atoms with Gasteiger partial charge in [-0.05, 0) is 0 Å². The van der Waals surface area contributed by atoms with Crippen molar-refractivity contribution in [1.82, 2.24) is 0 Å². The maximum atomic E-state index is 11.5. The molecular weight excluding hydrogens is 940 g/mol. The van der Waals surface area contributed by atoms with Crippen LogP contribution in [-0.2, 0) is 56.8 Å². The number of aliphatic hydroxyl groups excluding tert-OH is 19. The van der Waals surface area contributed by atoms with Gasteiger partial charge in [0.2, 0.25) is 0 Å². The summed E-state index contributed by atoms with van der Waals surface area (Å²) in [6.45, 7) is -5.37. The molecule has 0 aromatic rings. The summed E-state index contributed by atoms with van der Waals surface area (Å²) in [7, 11) is 1.18. The Hall–Kier alpha value is -1.24. The first kappa shape index (κ1) is 56.1. The van der Waals surface area contributed by atoms with Gasteiger partial charge >= 0.3 is 0 Å². The molecule has 31 nitrogen and oxygen atoms in total. The van der Waals surface area contributed by atoms with Crippen LogP contribution in [0.5, 0.6) is 0 Å². The predicted octanol–water partition coefficient (Wildman–Crippen LogP) is -13.4. The highest BCUT2D eigenvalue weighted by atomic mass is 16.8.